The predicted molar refractivity (Wildman–Crippen MR) is 62.6 cm³/mol. The topological polar surface area (TPSA) is 63.8 Å². The van der Waals surface area contributed by atoms with E-state index in [0.717, 1.165) is 10.6 Å². The number of nitrogens with zero attached hydrogens (tertiary/aromatic N) is 2. The van der Waals surface area contributed by atoms with Crippen LogP contribution in [0.15, 0.2) is 18.2 Å². The fourth-order valence-electron chi connectivity index (χ4n) is 1.50. The van der Waals surface area contributed by atoms with Crippen molar-refractivity contribution in [2.24, 2.45) is 5.84 Å². The molecule has 1 aromatic carbocycles. The number of rotatable bonds is 2. The summed E-state index contributed by atoms with van der Waals surface area (Å²) in [5.41, 5.74) is 6.03. The molecule has 0 bridgehead atoms. The van der Waals surface area contributed by atoms with Crippen LogP contribution in [0.1, 0.15) is 11.1 Å². The zero-order chi connectivity index (χ0) is 10.8. The number of hydrazine groups is 1. The van der Waals surface area contributed by atoms with Gasteiger partial charge in [-0.05, 0) is 26.0 Å². The first-order valence-corrected chi connectivity index (χ1v) is 5.39. The van der Waals surface area contributed by atoms with Gasteiger partial charge in [0.15, 0.2) is 0 Å². The molecule has 0 amide bonds. The highest BCUT2D eigenvalue weighted by atomic mass is 32.1. The van der Waals surface area contributed by atoms with Gasteiger partial charge in [-0.15, -0.1) is 10.2 Å². The highest BCUT2D eigenvalue weighted by Crippen LogP contribution is 2.27. The summed E-state index contributed by atoms with van der Waals surface area (Å²) in [5.74, 6) is 5.26. The number of nitrogen functional groups attached to an aromatic ring is 1. The zero-order valence-corrected chi connectivity index (χ0v) is 9.43. The first kappa shape index (κ1) is 10.1. The van der Waals surface area contributed by atoms with Crippen LogP contribution in [0.25, 0.3) is 10.6 Å². The molecule has 3 N–H and O–H groups in total. The van der Waals surface area contributed by atoms with Crippen LogP contribution >= 0.6 is 11.3 Å². The second-order valence-electron chi connectivity index (χ2n) is 3.43. The average molecular weight is 220 g/mol. The Morgan fingerprint density at radius 3 is 2.33 bits per heavy atom. The smallest absolute Gasteiger partial charge is 0.220 e. The fourth-order valence-corrected chi connectivity index (χ4v) is 2.14. The number of benzene rings is 1. The van der Waals surface area contributed by atoms with E-state index in [0.29, 0.717) is 5.13 Å². The van der Waals surface area contributed by atoms with Crippen LogP contribution in [0, 0.1) is 13.8 Å². The number of aryl methyl sites for hydroxylation is 2. The number of nitrogens with one attached hydrogen (secondary N) is 1. The van der Waals surface area contributed by atoms with Crippen molar-refractivity contribution < 1.29 is 0 Å². The van der Waals surface area contributed by atoms with E-state index in [-0.39, 0.29) is 0 Å². The molecule has 2 aromatic rings. The summed E-state index contributed by atoms with van der Waals surface area (Å²) in [6, 6.07) is 6.31. The summed E-state index contributed by atoms with van der Waals surface area (Å²) < 4.78 is 0. The molecule has 1 heterocycles. The highest BCUT2D eigenvalue weighted by molar-refractivity contribution is 7.18. The van der Waals surface area contributed by atoms with Crippen molar-refractivity contribution in [3.63, 3.8) is 0 Å². The molecule has 5 heteroatoms. The predicted octanol–water partition coefficient (Wildman–Crippen LogP) is 2.11. The van der Waals surface area contributed by atoms with Gasteiger partial charge in [0, 0.05) is 5.56 Å². The second-order valence-corrected chi connectivity index (χ2v) is 4.41. The molecule has 0 unspecified atom stereocenters. The van der Waals surface area contributed by atoms with E-state index in [2.05, 4.69) is 47.7 Å². The molecular formula is C10H12N4S. The van der Waals surface area contributed by atoms with Crippen LogP contribution in [0.5, 0.6) is 0 Å². The minimum Gasteiger partial charge on any atom is -0.298 e. The normalized spacial score (nSPS) is 10.3. The third-order valence-corrected chi connectivity index (χ3v) is 2.92. The molecule has 0 aliphatic carbocycles. The maximum atomic E-state index is 5.26. The maximum absolute atomic E-state index is 5.26. The van der Waals surface area contributed by atoms with Crippen LogP contribution < -0.4 is 11.3 Å². The first-order chi connectivity index (χ1) is 7.19. The lowest BCUT2D eigenvalue weighted by molar-refractivity contribution is 1.08. The van der Waals surface area contributed by atoms with Crippen molar-refractivity contribution in [2.75, 3.05) is 5.43 Å². The number of anilines is 1. The minimum absolute atomic E-state index is 0.629. The number of hydrogen-bond acceptors (Lipinski definition) is 5. The van der Waals surface area contributed by atoms with Crippen molar-refractivity contribution in [1.29, 1.82) is 0 Å². The minimum atomic E-state index is 0.629. The van der Waals surface area contributed by atoms with E-state index in [1.54, 1.807) is 0 Å². The van der Waals surface area contributed by atoms with E-state index in [4.69, 9.17) is 5.84 Å². The lowest BCUT2D eigenvalue weighted by Crippen LogP contribution is -2.05. The van der Waals surface area contributed by atoms with Gasteiger partial charge in [0.1, 0.15) is 5.01 Å². The molecule has 0 saturated heterocycles. The Balaban J connectivity index is 2.44. The Morgan fingerprint density at radius 1 is 1.13 bits per heavy atom. The molecule has 0 saturated carbocycles. The van der Waals surface area contributed by atoms with Gasteiger partial charge < -0.3 is 0 Å². The molecule has 0 aliphatic heterocycles. The summed E-state index contributed by atoms with van der Waals surface area (Å²) in [7, 11) is 0. The van der Waals surface area contributed by atoms with Crippen molar-refractivity contribution in [3.05, 3.63) is 29.3 Å². The van der Waals surface area contributed by atoms with E-state index in [9.17, 15) is 0 Å². The van der Waals surface area contributed by atoms with Gasteiger partial charge >= 0.3 is 0 Å². The second kappa shape index (κ2) is 3.96. The Kier molecular flexibility index (Phi) is 2.66. The lowest BCUT2D eigenvalue weighted by Gasteiger charge is -2.00. The third kappa shape index (κ3) is 2.14. The van der Waals surface area contributed by atoms with Gasteiger partial charge in [-0.1, -0.05) is 28.5 Å². The maximum Gasteiger partial charge on any atom is 0.220 e. The molecular weight excluding hydrogens is 208 g/mol. The van der Waals surface area contributed by atoms with Crippen LogP contribution in [-0.2, 0) is 0 Å². The molecule has 2 rings (SSSR count). The van der Waals surface area contributed by atoms with Gasteiger partial charge in [-0.25, -0.2) is 5.84 Å². The summed E-state index contributed by atoms with van der Waals surface area (Å²) in [6.45, 7) is 4.14. The Morgan fingerprint density at radius 2 is 1.80 bits per heavy atom. The van der Waals surface area contributed by atoms with E-state index in [1.807, 2.05) is 0 Å². The lowest BCUT2D eigenvalue weighted by atomic mass is 10.1. The van der Waals surface area contributed by atoms with Gasteiger partial charge in [-0.3, -0.25) is 5.43 Å². The Hall–Kier alpha value is -1.46. The highest BCUT2D eigenvalue weighted by Gasteiger charge is 2.06. The van der Waals surface area contributed by atoms with Crippen LogP contribution in [-0.4, -0.2) is 10.2 Å². The van der Waals surface area contributed by atoms with Crippen LogP contribution in [0.2, 0.25) is 0 Å². The fraction of sp³-hybridized carbons (Fsp3) is 0.200. The third-order valence-electron chi connectivity index (χ3n) is 2.02. The summed E-state index contributed by atoms with van der Waals surface area (Å²) in [5, 5.41) is 9.48. The number of hydrogen-bond donors (Lipinski definition) is 2. The van der Waals surface area contributed by atoms with E-state index < -0.39 is 0 Å². The van der Waals surface area contributed by atoms with Crippen molar-refractivity contribution in [3.8, 4) is 10.6 Å². The Bertz CT molecular complexity index is 458. The van der Waals surface area contributed by atoms with Gasteiger partial charge in [0.25, 0.3) is 0 Å². The molecule has 0 aliphatic rings. The van der Waals surface area contributed by atoms with Crippen LogP contribution in [0.4, 0.5) is 5.13 Å². The Labute approximate surface area is 92.1 Å². The number of nitrogens with two attached hydrogens (primary N) is 1. The van der Waals surface area contributed by atoms with Crippen molar-refractivity contribution in [1.82, 2.24) is 10.2 Å². The molecule has 0 radical (unpaired) electrons. The SMILES string of the molecule is Cc1cc(C)cc(-c2nnc(NN)s2)c1. The molecule has 1 aromatic heterocycles. The average Bonchev–Trinajstić information content (AvgIpc) is 2.64. The number of aromatic nitrogens is 2. The summed E-state index contributed by atoms with van der Waals surface area (Å²) in [6.07, 6.45) is 0. The monoisotopic (exact) mass is 220 g/mol. The van der Waals surface area contributed by atoms with Crippen LogP contribution in [0.3, 0.4) is 0 Å². The largest absolute Gasteiger partial charge is 0.298 e. The zero-order valence-electron chi connectivity index (χ0n) is 8.61. The molecule has 4 nitrogen and oxygen atoms in total. The molecule has 0 spiro atoms. The summed E-state index contributed by atoms with van der Waals surface area (Å²) in [4.78, 5) is 0. The van der Waals surface area contributed by atoms with Gasteiger partial charge in [0.05, 0.1) is 0 Å². The van der Waals surface area contributed by atoms with Crippen molar-refractivity contribution in [2.45, 2.75) is 13.8 Å². The molecule has 15 heavy (non-hydrogen) atoms. The standard InChI is InChI=1S/C10H12N4S/c1-6-3-7(2)5-8(4-6)9-13-14-10(12-11)15-9/h3-5H,11H2,1-2H3,(H,12,14). The van der Waals surface area contributed by atoms with E-state index >= 15 is 0 Å². The van der Waals surface area contributed by atoms with E-state index in [1.165, 1.54) is 22.5 Å². The molecule has 0 atom stereocenters. The van der Waals surface area contributed by atoms with Gasteiger partial charge in [-0.2, -0.15) is 0 Å². The molecule has 78 valence electrons. The quantitative estimate of drug-likeness (QED) is 0.601. The van der Waals surface area contributed by atoms with Gasteiger partial charge in [0.2, 0.25) is 5.13 Å². The van der Waals surface area contributed by atoms with Crippen molar-refractivity contribution >= 4 is 16.5 Å². The molecule has 0 fully saturated rings. The first-order valence-electron chi connectivity index (χ1n) is 4.58. The summed E-state index contributed by atoms with van der Waals surface area (Å²) >= 11 is 1.45.